The summed E-state index contributed by atoms with van der Waals surface area (Å²) in [5.41, 5.74) is 0.246. The van der Waals surface area contributed by atoms with Gasteiger partial charge in [0.15, 0.2) is 5.78 Å². The number of fused-ring (bicyclic) bond motifs is 1. The molecule has 0 unspecified atom stereocenters. The van der Waals surface area contributed by atoms with E-state index < -0.39 is 23.4 Å². The van der Waals surface area contributed by atoms with Crippen LogP contribution in [0.2, 0.25) is 10.0 Å². The second kappa shape index (κ2) is 7.55. The number of carbonyl (C=O) groups is 2. The van der Waals surface area contributed by atoms with Crippen molar-refractivity contribution in [2.24, 2.45) is 0 Å². The lowest BCUT2D eigenvalue weighted by Gasteiger charge is -2.07. The minimum Gasteiger partial charge on any atom is -0.478 e. The molecule has 3 aromatic carbocycles. The van der Waals surface area contributed by atoms with Crippen LogP contribution in [0.1, 0.15) is 26.3 Å². The van der Waals surface area contributed by atoms with E-state index in [9.17, 15) is 18.4 Å². The van der Waals surface area contributed by atoms with Gasteiger partial charge in [0.05, 0.1) is 32.4 Å². The second-order valence-electron chi connectivity index (χ2n) is 6.47. The number of carboxylic acids is 1. The van der Waals surface area contributed by atoms with Crippen LogP contribution in [-0.4, -0.2) is 21.4 Å². The quantitative estimate of drug-likeness (QED) is 0.383. The van der Waals surface area contributed by atoms with E-state index in [1.807, 2.05) is 0 Å². The van der Waals surface area contributed by atoms with Crippen LogP contribution in [0.4, 0.5) is 8.78 Å². The Bertz CT molecular complexity index is 1330. The molecule has 0 aliphatic carbocycles. The molecule has 0 atom stereocenters. The fourth-order valence-corrected chi connectivity index (χ4v) is 3.84. The fourth-order valence-electron chi connectivity index (χ4n) is 3.27. The monoisotopic (exact) mass is 445 g/mol. The third-order valence-corrected chi connectivity index (χ3v) is 5.29. The van der Waals surface area contributed by atoms with E-state index in [4.69, 9.17) is 28.3 Å². The lowest BCUT2D eigenvalue weighted by Crippen LogP contribution is -2.03. The molecular weight excluding hydrogens is 435 g/mol. The van der Waals surface area contributed by atoms with Gasteiger partial charge < -0.3 is 9.67 Å². The molecular formula is C22H11Cl2F2NO3. The van der Waals surface area contributed by atoms with Crippen molar-refractivity contribution in [2.45, 2.75) is 0 Å². The first kappa shape index (κ1) is 20.1. The van der Waals surface area contributed by atoms with Crippen LogP contribution >= 0.6 is 23.2 Å². The highest BCUT2D eigenvalue weighted by molar-refractivity contribution is 6.41. The zero-order valence-corrected chi connectivity index (χ0v) is 16.5. The van der Waals surface area contributed by atoms with Crippen molar-refractivity contribution in [3.05, 3.63) is 99.2 Å². The van der Waals surface area contributed by atoms with Gasteiger partial charge in [-0.15, -0.1) is 0 Å². The minimum atomic E-state index is -1.27. The lowest BCUT2D eigenvalue weighted by atomic mass is 10.0. The van der Waals surface area contributed by atoms with Crippen LogP contribution in [0.15, 0.2) is 60.8 Å². The summed E-state index contributed by atoms with van der Waals surface area (Å²) in [5, 5.41) is 9.53. The molecule has 0 aliphatic rings. The fraction of sp³-hybridized carbons (Fsp3) is 0. The van der Waals surface area contributed by atoms with E-state index in [0.29, 0.717) is 5.52 Å². The van der Waals surface area contributed by atoms with Crippen molar-refractivity contribution >= 4 is 45.9 Å². The molecule has 4 rings (SSSR count). The topological polar surface area (TPSA) is 59.3 Å². The Hall–Kier alpha value is -3.22. The summed E-state index contributed by atoms with van der Waals surface area (Å²) in [7, 11) is 0. The normalized spacial score (nSPS) is 11.1. The van der Waals surface area contributed by atoms with Gasteiger partial charge in [0.1, 0.15) is 11.6 Å². The van der Waals surface area contributed by atoms with Gasteiger partial charge in [-0.1, -0.05) is 29.3 Å². The first-order valence-corrected chi connectivity index (χ1v) is 9.36. The summed E-state index contributed by atoms with van der Waals surface area (Å²) in [5.74, 6) is -3.22. The van der Waals surface area contributed by atoms with Crippen molar-refractivity contribution in [3.8, 4) is 5.69 Å². The summed E-state index contributed by atoms with van der Waals surface area (Å²) in [6.45, 7) is 0. The zero-order chi connectivity index (χ0) is 21.6. The Morgan fingerprint density at radius 2 is 1.63 bits per heavy atom. The number of halogens is 4. The van der Waals surface area contributed by atoms with Gasteiger partial charge in [-0.3, -0.25) is 4.79 Å². The Morgan fingerprint density at radius 1 is 0.933 bits per heavy atom. The van der Waals surface area contributed by atoms with Gasteiger partial charge in [-0.2, -0.15) is 0 Å². The maximum absolute atomic E-state index is 14.7. The molecule has 0 amide bonds. The van der Waals surface area contributed by atoms with E-state index in [0.717, 1.165) is 12.1 Å². The number of aromatic nitrogens is 1. The molecule has 0 fully saturated rings. The SMILES string of the molecule is O=C(O)c1ccc(-n2cc(C(=O)c3c(Cl)cccc3Cl)c3cc(F)ccc32)c(F)c1. The molecule has 150 valence electrons. The van der Waals surface area contributed by atoms with Gasteiger partial charge in [-0.25, -0.2) is 13.6 Å². The number of hydrogen-bond acceptors (Lipinski definition) is 2. The Morgan fingerprint density at radius 3 is 2.27 bits per heavy atom. The summed E-state index contributed by atoms with van der Waals surface area (Å²) in [6.07, 6.45) is 1.35. The van der Waals surface area contributed by atoms with Gasteiger partial charge in [0.25, 0.3) is 0 Å². The molecule has 0 saturated carbocycles. The first-order valence-electron chi connectivity index (χ1n) is 8.60. The Balaban J connectivity index is 1.97. The highest BCUT2D eigenvalue weighted by Gasteiger charge is 2.23. The number of carboxylic acid groups (broad SMARTS) is 1. The number of carbonyl (C=O) groups excluding carboxylic acids is 1. The number of benzene rings is 3. The molecule has 1 heterocycles. The van der Waals surface area contributed by atoms with E-state index in [1.165, 1.54) is 47.2 Å². The molecule has 30 heavy (non-hydrogen) atoms. The zero-order valence-electron chi connectivity index (χ0n) is 15.0. The second-order valence-corrected chi connectivity index (χ2v) is 7.29. The molecule has 0 aliphatic heterocycles. The van der Waals surface area contributed by atoms with Crippen molar-refractivity contribution in [2.75, 3.05) is 0 Å². The average molecular weight is 446 g/mol. The van der Waals surface area contributed by atoms with Crippen molar-refractivity contribution in [3.63, 3.8) is 0 Å². The molecule has 0 radical (unpaired) electrons. The number of nitrogens with zero attached hydrogens (tertiary/aromatic N) is 1. The predicted octanol–water partition coefficient (Wildman–Crippen LogP) is 6.14. The van der Waals surface area contributed by atoms with Crippen LogP contribution in [0.3, 0.4) is 0 Å². The first-order chi connectivity index (χ1) is 14.3. The summed E-state index contributed by atoms with van der Waals surface area (Å²) in [6, 6.07) is 11.7. The van der Waals surface area contributed by atoms with Crippen molar-refractivity contribution in [1.82, 2.24) is 4.57 Å². The van der Waals surface area contributed by atoms with Gasteiger partial charge in [0.2, 0.25) is 0 Å². The van der Waals surface area contributed by atoms with Crippen LogP contribution < -0.4 is 0 Å². The van der Waals surface area contributed by atoms with Crippen LogP contribution in [0.25, 0.3) is 16.6 Å². The lowest BCUT2D eigenvalue weighted by molar-refractivity contribution is 0.0696. The molecule has 0 spiro atoms. The third-order valence-electron chi connectivity index (χ3n) is 4.66. The molecule has 0 saturated heterocycles. The number of aromatic carboxylic acids is 1. The highest BCUT2D eigenvalue weighted by atomic mass is 35.5. The Kier molecular flexibility index (Phi) is 5.05. The summed E-state index contributed by atoms with van der Waals surface area (Å²) in [4.78, 5) is 24.3. The molecule has 1 aromatic heterocycles. The number of ketones is 1. The van der Waals surface area contributed by atoms with E-state index >= 15 is 0 Å². The maximum atomic E-state index is 14.7. The Labute approximate surface area is 178 Å². The van der Waals surface area contributed by atoms with Crippen molar-refractivity contribution < 1.29 is 23.5 Å². The average Bonchev–Trinajstić information content (AvgIpc) is 3.06. The minimum absolute atomic E-state index is 0.000846. The predicted molar refractivity (Wildman–Crippen MR) is 110 cm³/mol. The summed E-state index contributed by atoms with van der Waals surface area (Å²) < 4.78 is 30.0. The van der Waals surface area contributed by atoms with Crippen LogP contribution in [0, 0.1) is 11.6 Å². The van der Waals surface area contributed by atoms with Gasteiger partial charge in [0, 0.05) is 17.1 Å². The number of hydrogen-bond donors (Lipinski definition) is 1. The van der Waals surface area contributed by atoms with E-state index in [-0.39, 0.29) is 37.8 Å². The summed E-state index contributed by atoms with van der Waals surface area (Å²) >= 11 is 12.3. The smallest absolute Gasteiger partial charge is 0.335 e. The van der Waals surface area contributed by atoms with E-state index in [1.54, 1.807) is 6.07 Å². The molecule has 4 nitrogen and oxygen atoms in total. The van der Waals surface area contributed by atoms with Crippen LogP contribution in [-0.2, 0) is 0 Å². The standard InChI is InChI=1S/C22H11Cl2F2NO3/c23-15-2-1-3-16(24)20(15)21(28)14-10-27(18-7-5-12(25)9-13(14)18)19-6-4-11(22(29)30)8-17(19)26/h1-10H,(H,29,30). The molecule has 4 aromatic rings. The third kappa shape index (κ3) is 3.34. The molecule has 8 heteroatoms. The van der Waals surface area contributed by atoms with Crippen LogP contribution in [0.5, 0.6) is 0 Å². The van der Waals surface area contributed by atoms with Gasteiger partial charge in [-0.05, 0) is 48.5 Å². The highest BCUT2D eigenvalue weighted by Crippen LogP contribution is 2.33. The number of rotatable bonds is 4. The van der Waals surface area contributed by atoms with E-state index in [2.05, 4.69) is 0 Å². The van der Waals surface area contributed by atoms with Gasteiger partial charge >= 0.3 is 5.97 Å². The largest absolute Gasteiger partial charge is 0.478 e. The van der Waals surface area contributed by atoms with Crippen molar-refractivity contribution in [1.29, 1.82) is 0 Å². The molecule has 1 N–H and O–H groups in total. The molecule has 0 bridgehead atoms. The maximum Gasteiger partial charge on any atom is 0.335 e.